The van der Waals surface area contributed by atoms with Gasteiger partial charge in [-0.2, -0.15) is 0 Å². The number of rotatable bonds is 3. The summed E-state index contributed by atoms with van der Waals surface area (Å²) in [5.41, 5.74) is 1.30. The van der Waals surface area contributed by atoms with E-state index in [-0.39, 0.29) is 11.1 Å². The zero-order chi connectivity index (χ0) is 15.5. The average Bonchev–Trinajstić information content (AvgIpc) is 2.53. The van der Waals surface area contributed by atoms with E-state index in [1.807, 2.05) is 30.5 Å². The number of pyridine rings is 1. The second-order valence-corrected chi connectivity index (χ2v) is 5.55. The van der Waals surface area contributed by atoms with E-state index in [0.717, 1.165) is 10.9 Å². The van der Waals surface area contributed by atoms with Crippen molar-refractivity contribution >= 4 is 46.0 Å². The van der Waals surface area contributed by atoms with Crippen molar-refractivity contribution in [1.82, 2.24) is 15.0 Å². The Morgan fingerprint density at radius 1 is 1.23 bits per heavy atom. The van der Waals surface area contributed by atoms with Crippen molar-refractivity contribution in [1.29, 1.82) is 0 Å². The minimum absolute atomic E-state index is 0.264. The van der Waals surface area contributed by atoms with Gasteiger partial charge in [-0.15, -0.1) is 0 Å². The first-order valence-electron chi connectivity index (χ1n) is 6.41. The first kappa shape index (κ1) is 14.7. The van der Waals surface area contributed by atoms with E-state index in [1.54, 1.807) is 12.3 Å². The molecule has 1 amide bonds. The quantitative estimate of drug-likeness (QED) is 0.451. The lowest BCUT2D eigenvalue weighted by Gasteiger charge is -2.08. The molecule has 0 saturated carbocycles. The molecule has 0 radical (unpaired) electrons. The van der Waals surface area contributed by atoms with E-state index in [4.69, 9.17) is 11.6 Å². The third kappa shape index (κ3) is 3.03. The summed E-state index contributed by atoms with van der Waals surface area (Å²) < 4.78 is 0. The molecule has 0 unspecified atom stereocenters. The molecule has 0 atom stereocenters. The number of benzene rings is 1. The van der Waals surface area contributed by atoms with E-state index in [2.05, 4.69) is 20.3 Å². The molecule has 2 aromatic heterocycles. The number of anilines is 1. The molecule has 1 aromatic carbocycles. The van der Waals surface area contributed by atoms with Crippen molar-refractivity contribution in [2.75, 3.05) is 11.6 Å². The smallest absolute Gasteiger partial charge is 0.257 e. The highest BCUT2D eigenvalue weighted by Gasteiger charge is 2.12. The van der Waals surface area contributed by atoms with Gasteiger partial charge >= 0.3 is 0 Å². The van der Waals surface area contributed by atoms with Gasteiger partial charge in [-0.1, -0.05) is 41.6 Å². The van der Waals surface area contributed by atoms with Gasteiger partial charge in [0.2, 0.25) is 0 Å². The highest BCUT2D eigenvalue weighted by molar-refractivity contribution is 7.98. The SMILES string of the molecule is CSc1nc(Cl)cc(NC(=O)c2ccnc3ccccc23)n1. The molecule has 1 N–H and O–H groups in total. The Balaban J connectivity index is 1.95. The molecule has 3 aromatic rings. The summed E-state index contributed by atoms with van der Waals surface area (Å²) >= 11 is 7.28. The Morgan fingerprint density at radius 2 is 2.05 bits per heavy atom. The Bertz CT molecular complexity index is 851. The fourth-order valence-corrected chi connectivity index (χ4v) is 2.64. The van der Waals surface area contributed by atoms with Crippen LogP contribution in [0.4, 0.5) is 5.82 Å². The molecule has 0 aliphatic rings. The number of hydrogen-bond donors (Lipinski definition) is 1. The predicted octanol–water partition coefficient (Wildman–Crippen LogP) is 3.65. The van der Waals surface area contributed by atoms with Crippen LogP contribution >= 0.6 is 23.4 Å². The summed E-state index contributed by atoms with van der Waals surface area (Å²) in [6.07, 6.45) is 3.45. The topological polar surface area (TPSA) is 67.8 Å². The van der Waals surface area contributed by atoms with Crippen molar-refractivity contribution < 1.29 is 4.79 Å². The van der Waals surface area contributed by atoms with Crippen molar-refractivity contribution in [2.24, 2.45) is 0 Å². The van der Waals surface area contributed by atoms with Gasteiger partial charge in [0.1, 0.15) is 11.0 Å². The minimum atomic E-state index is -0.264. The normalized spacial score (nSPS) is 10.6. The highest BCUT2D eigenvalue weighted by Crippen LogP contribution is 2.20. The van der Waals surface area contributed by atoms with Crippen LogP contribution in [-0.4, -0.2) is 27.1 Å². The lowest BCUT2D eigenvalue weighted by Crippen LogP contribution is -2.14. The molecule has 0 bridgehead atoms. The first-order chi connectivity index (χ1) is 10.7. The lowest BCUT2D eigenvalue weighted by molar-refractivity contribution is 0.102. The fraction of sp³-hybridized carbons (Fsp3) is 0.0667. The number of hydrogen-bond acceptors (Lipinski definition) is 5. The standard InChI is InChI=1S/C15H11ClN4OS/c1-22-15-18-12(16)8-13(20-15)19-14(21)10-6-7-17-11-5-3-2-4-9(10)11/h2-8H,1H3,(H,18,19,20,21). The van der Waals surface area contributed by atoms with Crippen LogP contribution in [0, 0.1) is 0 Å². The Hall–Kier alpha value is -2.18. The van der Waals surface area contributed by atoms with E-state index >= 15 is 0 Å². The third-order valence-corrected chi connectivity index (χ3v) is 3.73. The number of carbonyl (C=O) groups excluding carboxylic acids is 1. The number of para-hydroxylation sites is 1. The molecular weight excluding hydrogens is 320 g/mol. The van der Waals surface area contributed by atoms with E-state index in [9.17, 15) is 4.79 Å². The summed E-state index contributed by atoms with van der Waals surface area (Å²) in [5.74, 6) is 0.107. The van der Waals surface area contributed by atoms with Crippen LogP contribution < -0.4 is 5.32 Å². The van der Waals surface area contributed by atoms with Crippen molar-refractivity contribution in [3.8, 4) is 0 Å². The maximum absolute atomic E-state index is 12.5. The second kappa shape index (κ2) is 6.29. The molecule has 0 fully saturated rings. The van der Waals surface area contributed by atoms with Gasteiger partial charge < -0.3 is 5.32 Å². The Kier molecular flexibility index (Phi) is 4.22. The number of halogens is 1. The molecule has 0 aliphatic carbocycles. The molecule has 5 nitrogen and oxygen atoms in total. The molecule has 3 rings (SSSR count). The summed E-state index contributed by atoms with van der Waals surface area (Å²) in [6, 6.07) is 10.7. The number of aromatic nitrogens is 3. The maximum Gasteiger partial charge on any atom is 0.257 e. The average molecular weight is 331 g/mol. The number of amides is 1. The largest absolute Gasteiger partial charge is 0.306 e. The first-order valence-corrected chi connectivity index (χ1v) is 8.01. The zero-order valence-corrected chi connectivity index (χ0v) is 13.1. The molecular formula is C15H11ClN4OS. The molecule has 22 heavy (non-hydrogen) atoms. The molecule has 7 heteroatoms. The van der Waals surface area contributed by atoms with E-state index in [1.165, 1.54) is 17.8 Å². The minimum Gasteiger partial charge on any atom is -0.306 e. The van der Waals surface area contributed by atoms with Gasteiger partial charge in [-0.3, -0.25) is 9.78 Å². The molecule has 0 aliphatic heterocycles. The van der Waals surface area contributed by atoms with Crippen molar-refractivity contribution in [2.45, 2.75) is 5.16 Å². The van der Waals surface area contributed by atoms with Crippen molar-refractivity contribution in [3.63, 3.8) is 0 Å². The third-order valence-electron chi connectivity index (χ3n) is 2.99. The number of nitrogens with one attached hydrogen (secondary N) is 1. The summed E-state index contributed by atoms with van der Waals surface area (Å²) in [4.78, 5) is 25.0. The van der Waals surface area contributed by atoms with E-state index < -0.39 is 0 Å². The molecule has 2 heterocycles. The number of nitrogens with zero attached hydrogens (tertiary/aromatic N) is 3. The Labute approximate surface area is 136 Å². The van der Waals surface area contributed by atoms with Crippen molar-refractivity contribution in [3.05, 3.63) is 53.3 Å². The van der Waals surface area contributed by atoms with Crippen LogP contribution in [0.3, 0.4) is 0 Å². The Morgan fingerprint density at radius 3 is 2.86 bits per heavy atom. The van der Waals surface area contributed by atoms with Gasteiger partial charge in [-0.05, 0) is 18.4 Å². The maximum atomic E-state index is 12.5. The fourth-order valence-electron chi connectivity index (χ4n) is 2.03. The number of carbonyl (C=O) groups is 1. The van der Waals surface area contributed by atoms with Crippen LogP contribution in [-0.2, 0) is 0 Å². The van der Waals surface area contributed by atoms with Gasteiger partial charge in [0.15, 0.2) is 5.16 Å². The molecule has 110 valence electrons. The lowest BCUT2D eigenvalue weighted by atomic mass is 10.1. The van der Waals surface area contributed by atoms with Crippen LogP contribution in [0.15, 0.2) is 47.8 Å². The van der Waals surface area contributed by atoms with Crippen LogP contribution in [0.1, 0.15) is 10.4 Å². The number of fused-ring (bicyclic) bond motifs is 1. The zero-order valence-electron chi connectivity index (χ0n) is 11.6. The second-order valence-electron chi connectivity index (χ2n) is 4.39. The number of thioether (sulfide) groups is 1. The van der Waals surface area contributed by atoms with Gasteiger partial charge in [-0.25, -0.2) is 9.97 Å². The molecule has 0 saturated heterocycles. The monoisotopic (exact) mass is 330 g/mol. The van der Waals surface area contributed by atoms with Gasteiger partial charge in [0.25, 0.3) is 5.91 Å². The molecule has 0 spiro atoms. The van der Waals surface area contributed by atoms with E-state index in [0.29, 0.717) is 16.5 Å². The summed E-state index contributed by atoms with van der Waals surface area (Å²) in [7, 11) is 0. The highest BCUT2D eigenvalue weighted by atomic mass is 35.5. The summed E-state index contributed by atoms with van der Waals surface area (Å²) in [5, 5.41) is 4.32. The van der Waals surface area contributed by atoms with Crippen LogP contribution in [0.2, 0.25) is 5.15 Å². The predicted molar refractivity (Wildman–Crippen MR) is 88.5 cm³/mol. The summed E-state index contributed by atoms with van der Waals surface area (Å²) in [6.45, 7) is 0. The van der Waals surface area contributed by atoms with Crippen LogP contribution in [0.5, 0.6) is 0 Å². The van der Waals surface area contributed by atoms with Crippen LogP contribution in [0.25, 0.3) is 10.9 Å². The van der Waals surface area contributed by atoms with Gasteiger partial charge in [0, 0.05) is 17.6 Å². The van der Waals surface area contributed by atoms with Gasteiger partial charge in [0.05, 0.1) is 11.1 Å².